The second-order valence-electron chi connectivity index (χ2n) is 4.85. The topological polar surface area (TPSA) is 12.5 Å². The molecular weight excluding hydrogens is 217 g/mol. The van der Waals surface area contributed by atoms with Crippen LogP contribution in [-0.4, -0.2) is 23.9 Å². The van der Waals surface area contributed by atoms with Crippen LogP contribution in [-0.2, 0) is 10.1 Å². The second-order valence-corrected chi connectivity index (χ2v) is 6.47. The van der Waals surface area contributed by atoms with Gasteiger partial charge in [-0.2, -0.15) is 0 Å². The van der Waals surface area contributed by atoms with Crippen LogP contribution in [0, 0.1) is 0 Å². The SMILES string of the molecule is C[P@]1O[C@](C)(c2ccccc2)[C@@H]2CCCN21. The molecule has 2 nitrogen and oxygen atoms in total. The molecule has 2 aliphatic heterocycles. The van der Waals surface area contributed by atoms with Crippen LogP contribution in [0.2, 0.25) is 0 Å². The monoisotopic (exact) mass is 235 g/mol. The zero-order valence-electron chi connectivity index (χ0n) is 9.89. The first-order valence-electron chi connectivity index (χ1n) is 5.97. The Labute approximate surface area is 98.5 Å². The molecule has 1 aromatic carbocycles. The number of nitrogens with zero attached hydrogens (tertiary/aromatic N) is 1. The number of fused-ring (bicyclic) bond motifs is 1. The summed E-state index contributed by atoms with van der Waals surface area (Å²) in [6.07, 6.45) is 2.60. The summed E-state index contributed by atoms with van der Waals surface area (Å²) in [5.41, 5.74) is 1.25. The van der Waals surface area contributed by atoms with E-state index in [2.05, 4.69) is 48.6 Å². The Balaban J connectivity index is 1.99. The van der Waals surface area contributed by atoms with Crippen molar-refractivity contribution >= 4 is 8.30 Å². The van der Waals surface area contributed by atoms with Gasteiger partial charge in [-0.05, 0) is 32.0 Å². The van der Waals surface area contributed by atoms with E-state index in [1.807, 2.05) is 0 Å². The van der Waals surface area contributed by atoms with E-state index in [0.717, 1.165) is 0 Å². The molecule has 86 valence electrons. The maximum Gasteiger partial charge on any atom is 0.112 e. The highest BCUT2D eigenvalue weighted by Gasteiger charge is 2.51. The molecule has 2 heterocycles. The summed E-state index contributed by atoms with van der Waals surface area (Å²) in [7, 11) is -0.384. The van der Waals surface area contributed by atoms with Crippen molar-refractivity contribution in [1.29, 1.82) is 0 Å². The number of hydrogen-bond donors (Lipinski definition) is 0. The van der Waals surface area contributed by atoms with Gasteiger partial charge in [0, 0.05) is 12.6 Å². The van der Waals surface area contributed by atoms with E-state index < -0.39 is 0 Å². The molecule has 0 amide bonds. The minimum Gasteiger partial charge on any atom is -0.331 e. The molecule has 3 rings (SSSR count). The average molecular weight is 235 g/mol. The third-order valence-corrected chi connectivity index (χ3v) is 5.74. The average Bonchev–Trinajstić information content (AvgIpc) is 2.86. The Morgan fingerprint density at radius 3 is 2.88 bits per heavy atom. The fraction of sp³-hybridized carbons (Fsp3) is 0.538. The van der Waals surface area contributed by atoms with E-state index >= 15 is 0 Å². The zero-order valence-corrected chi connectivity index (χ0v) is 10.8. The van der Waals surface area contributed by atoms with Crippen molar-refractivity contribution in [2.24, 2.45) is 0 Å². The standard InChI is InChI=1S/C13H18NOP/c1-13(11-7-4-3-5-8-11)12-9-6-10-14(12)16(2)15-13/h3-5,7-8,12H,6,9-10H2,1-2H3/t12-,13+,16-/m0/s1. The van der Waals surface area contributed by atoms with Gasteiger partial charge in [-0.3, -0.25) is 4.67 Å². The Bertz CT molecular complexity index is 383. The first-order valence-corrected chi connectivity index (χ1v) is 7.63. The van der Waals surface area contributed by atoms with Gasteiger partial charge in [-0.15, -0.1) is 0 Å². The van der Waals surface area contributed by atoms with Crippen LogP contribution in [0.25, 0.3) is 0 Å². The lowest BCUT2D eigenvalue weighted by atomic mass is 9.87. The first-order chi connectivity index (χ1) is 7.72. The molecule has 0 saturated carbocycles. The van der Waals surface area contributed by atoms with Gasteiger partial charge in [0.2, 0.25) is 0 Å². The van der Waals surface area contributed by atoms with Crippen molar-refractivity contribution < 1.29 is 4.52 Å². The summed E-state index contributed by atoms with van der Waals surface area (Å²) in [4.78, 5) is 0. The van der Waals surface area contributed by atoms with Crippen molar-refractivity contribution in [2.45, 2.75) is 31.4 Å². The van der Waals surface area contributed by atoms with Crippen LogP contribution in [0.1, 0.15) is 25.3 Å². The lowest BCUT2D eigenvalue weighted by molar-refractivity contribution is 0.0888. The molecular formula is C13H18NOP. The highest BCUT2D eigenvalue weighted by molar-refractivity contribution is 7.49. The molecule has 0 unspecified atom stereocenters. The van der Waals surface area contributed by atoms with E-state index in [1.165, 1.54) is 24.9 Å². The summed E-state index contributed by atoms with van der Waals surface area (Å²) >= 11 is 0. The van der Waals surface area contributed by atoms with Crippen molar-refractivity contribution in [3.63, 3.8) is 0 Å². The van der Waals surface area contributed by atoms with Crippen molar-refractivity contribution in [1.82, 2.24) is 4.67 Å². The van der Waals surface area contributed by atoms with E-state index in [-0.39, 0.29) is 13.9 Å². The van der Waals surface area contributed by atoms with Gasteiger partial charge in [0.1, 0.15) is 13.9 Å². The summed E-state index contributed by atoms with van der Waals surface area (Å²) in [6.45, 7) is 5.72. The summed E-state index contributed by atoms with van der Waals surface area (Å²) in [5, 5.41) is 0. The third kappa shape index (κ3) is 1.44. The van der Waals surface area contributed by atoms with Crippen LogP contribution in [0.3, 0.4) is 0 Å². The Kier molecular flexibility index (Phi) is 2.54. The molecule has 0 N–H and O–H groups in total. The van der Waals surface area contributed by atoms with Gasteiger partial charge >= 0.3 is 0 Å². The van der Waals surface area contributed by atoms with Gasteiger partial charge in [0.25, 0.3) is 0 Å². The van der Waals surface area contributed by atoms with Crippen LogP contribution in [0.15, 0.2) is 30.3 Å². The minimum absolute atomic E-state index is 0.0851. The van der Waals surface area contributed by atoms with Crippen molar-refractivity contribution in [2.75, 3.05) is 13.2 Å². The molecule has 0 spiro atoms. The Morgan fingerprint density at radius 2 is 2.12 bits per heavy atom. The molecule has 2 fully saturated rings. The van der Waals surface area contributed by atoms with Crippen LogP contribution in [0.4, 0.5) is 0 Å². The maximum absolute atomic E-state index is 6.29. The lowest BCUT2D eigenvalue weighted by Gasteiger charge is -2.29. The Morgan fingerprint density at radius 1 is 1.38 bits per heavy atom. The smallest absolute Gasteiger partial charge is 0.112 e. The summed E-state index contributed by atoms with van der Waals surface area (Å²) in [6, 6.07) is 11.3. The van der Waals surface area contributed by atoms with Crippen LogP contribution >= 0.6 is 8.30 Å². The molecule has 0 bridgehead atoms. The van der Waals surface area contributed by atoms with E-state index in [0.29, 0.717) is 6.04 Å². The largest absolute Gasteiger partial charge is 0.331 e. The first kappa shape index (κ1) is 10.7. The molecule has 2 saturated heterocycles. The summed E-state index contributed by atoms with van der Waals surface area (Å²) in [5.74, 6) is 0. The predicted molar refractivity (Wildman–Crippen MR) is 67.5 cm³/mol. The van der Waals surface area contributed by atoms with Gasteiger partial charge in [-0.1, -0.05) is 30.3 Å². The van der Waals surface area contributed by atoms with Gasteiger partial charge in [-0.25, -0.2) is 0 Å². The number of benzene rings is 1. The molecule has 0 radical (unpaired) electrons. The van der Waals surface area contributed by atoms with Gasteiger partial charge < -0.3 is 4.52 Å². The number of hydrogen-bond acceptors (Lipinski definition) is 2. The predicted octanol–water partition coefficient (Wildman–Crippen LogP) is 3.34. The van der Waals surface area contributed by atoms with Crippen molar-refractivity contribution in [3.05, 3.63) is 35.9 Å². The van der Waals surface area contributed by atoms with Gasteiger partial charge in [0.05, 0.1) is 0 Å². The van der Waals surface area contributed by atoms with E-state index in [9.17, 15) is 0 Å². The minimum atomic E-state index is -0.384. The zero-order chi connectivity index (χ0) is 11.2. The molecule has 0 aromatic heterocycles. The molecule has 1 aromatic rings. The van der Waals surface area contributed by atoms with Crippen LogP contribution in [0.5, 0.6) is 0 Å². The highest BCUT2D eigenvalue weighted by Crippen LogP contribution is 2.60. The fourth-order valence-corrected chi connectivity index (χ4v) is 5.08. The molecule has 0 aliphatic carbocycles. The van der Waals surface area contributed by atoms with E-state index in [1.54, 1.807) is 0 Å². The lowest BCUT2D eigenvalue weighted by Crippen LogP contribution is -2.36. The normalized spacial score (nSPS) is 38.9. The van der Waals surface area contributed by atoms with E-state index in [4.69, 9.17) is 4.52 Å². The van der Waals surface area contributed by atoms with Crippen LogP contribution < -0.4 is 0 Å². The Hall–Kier alpha value is -0.430. The maximum atomic E-state index is 6.29. The molecule has 3 atom stereocenters. The van der Waals surface area contributed by atoms with Crippen molar-refractivity contribution in [3.8, 4) is 0 Å². The second kappa shape index (κ2) is 3.80. The van der Waals surface area contributed by atoms with Gasteiger partial charge in [0.15, 0.2) is 0 Å². The summed E-state index contributed by atoms with van der Waals surface area (Å²) < 4.78 is 8.86. The molecule has 16 heavy (non-hydrogen) atoms. The number of rotatable bonds is 1. The molecule has 3 heteroatoms. The third-order valence-electron chi connectivity index (χ3n) is 3.89. The quantitative estimate of drug-likeness (QED) is 0.692. The highest BCUT2D eigenvalue weighted by atomic mass is 31.2. The molecule has 2 aliphatic rings. The fourth-order valence-electron chi connectivity index (χ4n) is 3.05.